The number of anilines is 3. The Morgan fingerprint density at radius 1 is 0.891 bits per heavy atom. The number of carbonyl (C=O) groups is 1. The number of aliphatic hydroxyl groups excluding tert-OH is 1. The Morgan fingerprint density at radius 2 is 1.58 bits per heavy atom. The van der Waals surface area contributed by atoms with Gasteiger partial charge in [0.25, 0.3) is 5.70 Å². The lowest BCUT2D eigenvalue weighted by Crippen LogP contribution is -2.46. The second-order valence-corrected chi connectivity index (χ2v) is 19.1. The van der Waals surface area contributed by atoms with Crippen LogP contribution in [0.3, 0.4) is 0 Å². The van der Waals surface area contributed by atoms with Crippen LogP contribution in [0.1, 0.15) is 41.7 Å². The molecule has 4 N–H and O–H groups in total. The van der Waals surface area contributed by atoms with Gasteiger partial charge in [-0.15, -0.1) is 11.8 Å². The number of piperidine rings is 1. The smallest absolute Gasteiger partial charge is 0.338 e. The fourth-order valence-corrected chi connectivity index (χ4v) is 10.8. The molecule has 0 saturated carbocycles. The van der Waals surface area contributed by atoms with Crippen LogP contribution in [0.4, 0.5) is 17.1 Å². The number of thioether (sulfide) groups is 1. The van der Waals surface area contributed by atoms with E-state index in [1.807, 2.05) is 85.3 Å². The minimum atomic E-state index is -0.957. The maximum atomic E-state index is 12.6. The van der Waals surface area contributed by atoms with Gasteiger partial charge in [-0.25, -0.2) is 4.79 Å². The van der Waals surface area contributed by atoms with E-state index in [4.69, 9.17) is 11.6 Å². The van der Waals surface area contributed by atoms with Gasteiger partial charge in [-0.1, -0.05) is 60.1 Å². The number of nitro groups is 1. The average Bonchev–Trinajstić information content (AvgIpc) is 3.58. The van der Waals surface area contributed by atoms with Crippen LogP contribution >= 0.6 is 35.3 Å². The highest BCUT2D eigenvalue weighted by molar-refractivity contribution is 8.04. The van der Waals surface area contributed by atoms with E-state index in [0.29, 0.717) is 28.3 Å². The number of aromatic carboxylic acids is 1. The third-order valence-electron chi connectivity index (χ3n) is 12.4. The molecule has 15 heteroatoms. The first-order chi connectivity index (χ1) is 31.0. The third kappa shape index (κ3) is 10.8. The van der Waals surface area contributed by atoms with Crippen molar-refractivity contribution in [2.75, 3.05) is 60.3 Å². The Bertz CT molecular complexity index is 2480. The molecule has 5 aromatic rings. The van der Waals surface area contributed by atoms with Crippen LogP contribution < -0.4 is 19.8 Å². The van der Waals surface area contributed by atoms with Crippen molar-refractivity contribution in [3.8, 4) is 22.4 Å². The van der Waals surface area contributed by atoms with Gasteiger partial charge in [-0.3, -0.25) is 15.4 Å². The van der Waals surface area contributed by atoms with Crippen molar-refractivity contribution in [3.63, 3.8) is 0 Å². The number of likely N-dealkylation sites (tertiary alicyclic amines) is 1. The normalized spacial score (nSPS) is 17.8. The number of carboxylic acids is 1. The molecular formula is C49H54ClN7O5S2. The number of aromatic nitrogens is 1. The summed E-state index contributed by atoms with van der Waals surface area (Å²) in [5.41, 5.74) is 7.49. The summed E-state index contributed by atoms with van der Waals surface area (Å²) < 4.78 is 5.34. The molecule has 2 aliphatic heterocycles. The van der Waals surface area contributed by atoms with Crippen molar-refractivity contribution in [3.05, 3.63) is 152 Å². The summed E-state index contributed by atoms with van der Waals surface area (Å²) in [4.78, 5) is 33.8. The van der Waals surface area contributed by atoms with Crippen LogP contribution in [0.25, 0.3) is 22.4 Å². The van der Waals surface area contributed by atoms with Crippen LogP contribution in [-0.4, -0.2) is 93.9 Å². The minimum Gasteiger partial charge on any atom is -0.478 e. The number of hydrogen-bond acceptors (Lipinski definition) is 11. The maximum absolute atomic E-state index is 12.6. The summed E-state index contributed by atoms with van der Waals surface area (Å²) in [6.45, 7) is 7.66. The Balaban J connectivity index is 0.869. The SMILES string of the molecule is Cc1c(C(=O)O)c(-c2cccc(N3CCN(c4ccc(NSC5=CCC(N[C@H](CCN6CCC(O)CC6)Sc6ccccc6)C([N+](=O)[O-])=C5)cc4)CC3)c2)c(-c2ccc(Cl)cc2)n1C. The Morgan fingerprint density at radius 3 is 2.25 bits per heavy atom. The molecule has 2 fully saturated rings. The number of hydrogen-bond donors (Lipinski definition) is 4. The number of piperazine rings is 1. The van der Waals surface area contributed by atoms with E-state index >= 15 is 0 Å². The first-order valence-corrected chi connectivity index (χ1v) is 23.8. The van der Waals surface area contributed by atoms with Crippen molar-refractivity contribution in [2.24, 2.45) is 7.05 Å². The van der Waals surface area contributed by atoms with Gasteiger partial charge in [-0.05, 0) is 116 Å². The van der Waals surface area contributed by atoms with Crippen molar-refractivity contribution in [1.29, 1.82) is 0 Å². The van der Waals surface area contributed by atoms with E-state index < -0.39 is 12.0 Å². The van der Waals surface area contributed by atoms with Gasteiger partial charge in [-0.2, -0.15) is 0 Å². The molecule has 12 nitrogen and oxygen atoms in total. The van der Waals surface area contributed by atoms with Gasteiger partial charge in [0, 0.05) is 102 Å². The molecule has 1 aliphatic carbocycles. The first kappa shape index (κ1) is 45.4. The number of nitrogens with zero attached hydrogens (tertiary/aromatic N) is 5. The molecule has 0 radical (unpaired) electrons. The van der Waals surface area contributed by atoms with Crippen molar-refractivity contribution < 1.29 is 19.9 Å². The molecule has 4 aromatic carbocycles. The highest BCUT2D eigenvalue weighted by Crippen LogP contribution is 2.41. The molecule has 1 aromatic heterocycles. The number of allylic oxidation sites excluding steroid dienone is 1. The Hall–Kier alpha value is -5.22. The molecule has 64 heavy (non-hydrogen) atoms. The highest BCUT2D eigenvalue weighted by atomic mass is 35.5. The number of rotatable bonds is 16. The predicted molar refractivity (Wildman–Crippen MR) is 262 cm³/mol. The van der Waals surface area contributed by atoms with Gasteiger partial charge in [0.2, 0.25) is 0 Å². The van der Waals surface area contributed by atoms with E-state index in [-0.39, 0.29) is 22.1 Å². The van der Waals surface area contributed by atoms with Crippen LogP contribution in [0.2, 0.25) is 5.02 Å². The van der Waals surface area contributed by atoms with E-state index in [9.17, 15) is 25.1 Å². The first-order valence-electron chi connectivity index (χ1n) is 21.8. The molecule has 3 heterocycles. The van der Waals surface area contributed by atoms with Crippen molar-refractivity contribution >= 4 is 58.3 Å². The van der Waals surface area contributed by atoms with Gasteiger partial charge in [0.1, 0.15) is 6.04 Å². The number of carboxylic acid groups (broad SMARTS) is 1. The zero-order valence-electron chi connectivity index (χ0n) is 36.0. The lowest BCUT2D eigenvalue weighted by atomic mass is 9.96. The number of nitrogens with one attached hydrogen (secondary N) is 2. The molecule has 0 bridgehead atoms. The summed E-state index contributed by atoms with van der Waals surface area (Å²) in [7, 11) is 1.90. The molecule has 2 atom stereocenters. The highest BCUT2D eigenvalue weighted by Gasteiger charge is 2.31. The fourth-order valence-electron chi connectivity index (χ4n) is 8.80. The van der Waals surface area contributed by atoms with Crippen LogP contribution in [0, 0.1) is 17.0 Å². The van der Waals surface area contributed by atoms with E-state index in [1.54, 1.807) is 17.8 Å². The topological polar surface area (TPSA) is 139 Å². The largest absolute Gasteiger partial charge is 0.478 e. The van der Waals surface area contributed by atoms with Crippen molar-refractivity contribution in [1.82, 2.24) is 14.8 Å². The van der Waals surface area contributed by atoms with Crippen molar-refractivity contribution in [2.45, 2.75) is 55.0 Å². The molecule has 8 rings (SSSR count). The molecular weight excluding hydrogens is 866 g/mol. The van der Waals surface area contributed by atoms with E-state index in [1.165, 1.54) is 11.9 Å². The Kier molecular flexibility index (Phi) is 14.7. The zero-order chi connectivity index (χ0) is 44.7. The molecule has 0 spiro atoms. The van der Waals surface area contributed by atoms with Gasteiger partial charge < -0.3 is 34.2 Å². The second kappa shape index (κ2) is 20.7. The average molecular weight is 921 g/mol. The predicted octanol–water partition coefficient (Wildman–Crippen LogP) is 9.78. The second-order valence-electron chi connectivity index (χ2n) is 16.5. The summed E-state index contributed by atoms with van der Waals surface area (Å²) in [5, 5.41) is 36.9. The summed E-state index contributed by atoms with van der Waals surface area (Å²) in [5.74, 6) is -0.957. The number of aliphatic hydroxyl groups is 1. The van der Waals surface area contributed by atoms with Crippen LogP contribution in [0.5, 0.6) is 0 Å². The molecule has 1 unspecified atom stereocenters. The van der Waals surface area contributed by atoms with E-state index in [2.05, 4.69) is 67.2 Å². The summed E-state index contributed by atoms with van der Waals surface area (Å²) in [6, 6.07) is 33.7. The van der Waals surface area contributed by atoms with Gasteiger partial charge in [0.15, 0.2) is 0 Å². The fraction of sp³-hybridized carbons (Fsp3) is 0.327. The van der Waals surface area contributed by atoms with E-state index in [0.717, 1.165) is 109 Å². The monoisotopic (exact) mass is 919 g/mol. The standard InChI is InChI=1S/C49H54ClN7O5S2/c1-33-46(49(59)60)47(48(53(33)2)34-11-13-36(50)14-12-34)35-7-6-8-39(31-35)56-29-27-55(28-30-56)38-17-15-37(16-18-38)52-64-42-19-20-43(44(32-42)57(61)62)51-45(63-41-9-4-3-5-10-41)23-26-54-24-21-40(58)22-25-54/h3-19,31-32,40,43,45,51-52,58H,20-30H2,1-2H3,(H,59,60)/t43?,45-/m0/s1. The molecule has 334 valence electrons. The van der Waals surface area contributed by atoms with Crippen LogP contribution in [-0.2, 0) is 7.05 Å². The summed E-state index contributed by atoms with van der Waals surface area (Å²) >= 11 is 9.29. The summed E-state index contributed by atoms with van der Waals surface area (Å²) in [6.07, 6.45) is 6.41. The number of benzene rings is 4. The van der Waals surface area contributed by atoms with Gasteiger partial charge >= 0.3 is 5.97 Å². The number of halogens is 1. The zero-order valence-corrected chi connectivity index (χ0v) is 38.4. The quantitative estimate of drug-likeness (QED) is 0.0246. The van der Waals surface area contributed by atoms with Gasteiger partial charge in [0.05, 0.1) is 27.7 Å². The van der Waals surface area contributed by atoms with Crippen LogP contribution in [0.15, 0.2) is 131 Å². The third-order valence-corrected chi connectivity index (χ3v) is 14.7. The lowest BCUT2D eigenvalue weighted by molar-refractivity contribution is -0.430. The lowest BCUT2D eigenvalue weighted by Gasteiger charge is -2.37. The molecule has 3 aliphatic rings. The molecule has 0 amide bonds. The maximum Gasteiger partial charge on any atom is 0.338 e. The minimum absolute atomic E-state index is 0.0242. The Labute approximate surface area is 388 Å². The molecule has 2 saturated heterocycles.